The van der Waals surface area contributed by atoms with Crippen LogP contribution in [-0.2, 0) is 6.54 Å². The van der Waals surface area contributed by atoms with E-state index in [-0.39, 0.29) is 0 Å². The number of hydrogen-bond donors (Lipinski definition) is 1. The predicted molar refractivity (Wildman–Crippen MR) is 61.6 cm³/mol. The highest BCUT2D eigenvalue weighted by Crippen LogP contribution is 2.33. The van der Waals surface area contributed by atoms with Crippen LogP contribution >= 0.6 is 0 Å². The first-order chi connectivity index (χ1) is 7.78. The van der Waals surface area contributed by atoms with Crippen LogP contribution in [0.15, 0.2) is 18.2 Å². The molecule has 16 heavy (non-hydrogen) atoms. The molecule has 0 amide bonds. The molecule has 2 N–H and O–H groups in total. The Morgan fingerprint density at radius 2 is 2.31 bits per heavy atom. The van der Waals surface area contributed by atoms with Gasteiger partial charge in [-0.2, -0.15) is 5.26 Å². The molecule has 1 saturated carbocycles. The molecule has 1 aliphatic rings. The van der Waals surface area contributed by atoms with Crippen molar-refractivity contribution >= 4 is 17.0 Å². The molecule has 1 heterocycles. The lowest BCUT2D eigenvalue weighted by molar-refractivity contribution is 0.650. The van der Waals surface area contributed by atoms with Crippen molar-refractivity contribution in [2.45, 2.75) is 19.4 Å². The lowest BCUT2D eigenvalue weighted by atomic mass is 10.2. The molecule has 1 aromatic heterocycles. The molecule has 0 bridgehead atoms. The highest BCUT2D eigenvalue weighted by atomic mass is 15.2. The van der Waals surface area contributed by atoms with E-state index in [2.05, 4.69) is 11.1 Å². The summed E-state index contributed by atoms with van der Waals surface area (Å²) in [6, 6.07) is 7.63. The molecule has 0 saturated heterocycles. The molecule has 0 unspecified atom stereocenters. The first-order valence-corrected chi connectivity index (χ1v) is 5.44. The quantitative estimate of drug-likeness (QED) is 0.826. The normalized spacial score (nSPS) is 15.2. The lowest BCUT2D eigenvalue weighted by Crippen LogP contribution is -2.04. The summed E-state index contributed by atoms with van der Waals surface area (Å²) >= 11 is 0. The zero-order chi connectivity index (χ0) is 11.1. The van der Waals surface area contributed by atoms with Crippen LogP contribution < -0.4 is 5.73 Å². The maximum Gasteiger partial charge on any atom is 0.201 e. The molecule has 0 radical (unpaired) electrons. The maximum atomic E-state index is 8.88. The third-order valence-corrected chi connectivity index (χ3v) is 3.04. The highest BCUT2D eigenvalue weighted by molar-refractivity contribution is 5.79. The van der Waals surface area contributed by atoms with E-state index in [1.807, 2.05) is 16.7 Å². The largest absolute Gasteiger partial charge is 0.369 e. The van der Waals surface area contributed by atoms with E-state index in [0.29, 0.717) is 11.5 Å². The number of anilines is 1. The van der Waals surface area contributed by atoms with Gasteiger partial charge in [-0.3, -0.25) is 0 Å². The highest BCUT2D eigenvalue weighted by Gasteiger charge is 2.23. The number of nitriles is 1. The van der Waals surface area contributed by atoms with Crippen LogP contribution in [0.1, 0.15) is 18.4 Å². The first kappa shape index (κ1) is 9.22. The Kier molecular flexibility index (Phi) is 1.87. The third kappa shape index (κ3) is 1.41. The van der Waals surface area contributed by atoms with Crippen molar-refractivity contribution in [3.05, 3.63) is 23.8 Å². The van der Waals surface area contributed by atoms with Crippen LogP contribution in [0.5, 0.6) is 0 Å². The van der Waals surface area contributed by atoms with Crippen molar-refractivity contribution in [1.29, 1.82) is 5.26 Å². The maximum absolute atomic E-state index is 8.88. The molecule has 1 aliphatic carbocycles. The van der Waals surface area contributed by atoms with Crippen molar-refractivity contribution in [1.82, 2.24) is 9.55 Å². The molecular formula is C12H12N4. The van der Waals surface area contributed by atoms with Gasteiger partial charge in [-0.25, -0.2) is 4.98 Å². The van der Waals surface area contributed by atoms with Gasteiger partial charge in [0.25, 0.3) is 0 Å². The molecule has 0 aliphatic heterocycles. The van der Waals surface area contributed by atoms with E-state index in [1.54, 1.807) is 6.07 Å². The van der Waals surface area contributed by atoms with Gasteiger partial charge in [0.05, 0.1) is 22.7 Å². The number of benzene rings is 1. The van der Waals surface area contributed by atoms with Crippen molar-refractivity contribution in [3.63, 3.8) is 0 Å². The average molecular weight is 212 g/mol. The Labute approximate surface area is 93.3 Å². The number of aromatic nitrogens is 2. The van der Waals surface area contributed by atoms with Crippen LogP contribution in [0.3, 0.4) is 0 Å². The summed E-state index contributed by atoms with van der Waals surface area (Å²) in [5.74, 6) is 1.29. The first-order valence-electron chi connectivity index (χ1n) is 5.44. The Bertz CT molecular complexity index is 587. The molecule has 0 atom stereocenters. The molecular weight excluding hydrogens is 200 g/mol. The standard InChI is InChI=1S/C12H12N4/c13-6-9-3-4-10-11(5-9)16(12(14)15-10)7-8-1-2-8/h3-5,8H,1-2,7H2,(H2,14,15). The van der Waals surface area contributed by atoms with E-state index >= 15 is 0 Å². The lowest BCUT2D eigenvalue weighted by Gasteiger charge is -2.04. The van der Waals surface area contributed by atoms with Gasteiger partial charge in [-0.15, -0.1) is 0 Å². The Balaban J connectivity index is 2.16. The summed E-state index contributed by atoms with van der Waals surface area (Å²) in [4.78, 5) is 4.30. The molecule has 80 valence electrons. The summed E-state index contributed by atoms with van der Waals surface area (Å²) in [7, 11) is 0. The van der Waals surface area contributed by atoms with Gasteiger partial charge >= 0.3 is 0 Å². The molecule has 2 aromatic rings. The Hall–Kier alpha value is -2.02. The van der Waals surface area contributed by atoms with E-state index in [9.17, 15) is 0 Å². The average Bonchev–Trinajstić information content (AvgIpc) is 3.05. The van der Waals surface area contributed by atoms with Crippen LogP contribution in [0, 0.1) is 17.2 Å². The second-order valence-corrected chi connectivity index (χ2v) is 4.34. The molecule has 1 fully saturated rings. The number of nitrogens with two attached hydrogens (primary N) is 1. The number of nitrogen functional groups attached to an aromatic ring is 1. The monoisotopic (exact) mass is 212 g/mol. The second kappa shape index (κ2) is 3.24. The Morgan fingerprint density at radius 1 is 1.50 bits per heavy atom. The topological polar surface area (TPSA) is 67.6 Å². The van der Waals surface area contributed by atoms with Crippen molar-refractivity contribution < 1.29 is 0 Å². The summed E-state index contributed by atoms with van der Waals surface area (Å²) in [5.41, 5.74) is 8.39. The predicted octanol–water partition coefficient (Wildman–Crippen LogP) is 1.90. The van der Waals surface area contributed by atoms with Gasteiger partial charge in [0, 0.05) is 6.54 Å². The second-order valence-electron chi connectivity index (χ2n) is 4.34. The van der Waals surface area contributed by atoms with Crippen molar-refractivity contribution in [3.8, 4) is 6.07 Å². The smallest absolute Gasteiger partial charge is 0.201 e. The van der Waals surface area contributed by atoms with Crippen LogP contribution in [0.25, 0.3) is 11.0 Å². The van der Waals surface area contributed by atoms with Gasteiger partial charge in [0.2, 0.25) is 5.95 Å². The number of imidazole rings is 1. The van der Waals surface area contributed by atoms with Gasteiger partial charge in [-0.1, -0.05) is 0 Å². The minimum atomic E-state index is 0.553. The van der Waals surface area contributed by atoms with Crippen LogP contribution in [0.2, 0.25) is 0 Å². The molecule has 4 heteroatoms. The molecule has 1 aromatic carbocycles. The van der Waals surface area contributed by atoms with Crippen LogP contribution in [0.4, 0.5) is 5.95 Å². The van der Waals surface area contributed by atoms with Crippen molar-refractivity contribution in [2.75, 3.05) is 5.73 Å². The number of hydrogen-bond acceptors (Lipinski definition) is 3. The van der Waals surface area contributed by atoms with Crippen LogP contribution in [-0.4, -0.2) is 9.55 Å². The van der Waals surface area contributed by atoms with E-state index in [4.69, 9.17) is 11.0 Å². The summed E-state index contributed by atoms with van der Waals surface area (Å²) in [5, 5.41) is 8.88. The fraction of sp³-hybridized carbons (Fsp3) is 0.333. The molecule has 0 spiro atoms. The third-order valence-electron chi connectivity index (χ3n) is 3.04. The van der Waals surface area contributed by atoms with Crippen molar-refractivity contribution in [2.24, 2.45) is 5.92 Å². The fourth-order valence-electron chi connectivity index (χ4n) is 1.96. The minimum absolute atomic E-state index is 0.553. The van der Waals surface area contributed by atoms with Gasteiger partial charge in [-0.05, 0) is 37.0 Å². The Morgan fingerprint density at radius 3 is 3.00 bits per heavy atom. The SMILES string of the molecule is N#Cc1ccc2nc(N)n(CC3CC3)c2c1. The van der Waals surface area contributed by atoms with Gasteiger partial charge < -0.3 is 10.3 Å². The minimum Gasteiger partial charge on any atom is -0.369 e. The zero-order valence-corrected chi connectivity index (χ0v) is 8.85. The summed E-state index contributed by atoms with van der Waals surface area (Å²) in [6.45, 7) is 0.928. The van der Waals surface area contributed by atoms with E-state index in [0.717, 1.165) is 23.5 Å². The molecule has 4 nitrogen and oxygen atoms in total. The van der Waals surface area contributed by atoms with Gasteiger partial charge in [0.15, 0.2) is 0 Å². The summed E-state index contributed by atoms with van der Waals surface area (Å²) in [6.07, 6.45) is 2.55. The van der Waals surface area contributed by atoms with E-state index in [1.165, 1.54) is 12.8 Å². The zero-order valence-electron chi connectivity index (χ0n) is 8.85. The number of fused-ring (bicyclic) bond motifs is 1. The molecule has 3 rings (SSSR count). The van der Waals surface area contributed by atoms with E-state index < -0.39 is 0 Å². The fourth-order valence-corrected chi connectivity index (χ4v) is 1.96. The number of rotatable bonds is 2. The number of nitrogens with zero attached hydrogens (tertiary/aromatic N) is 3. The summed E-state index contributed by atoms with van der Waals surface area (Å²) < 4.78 is 2.02. The van der Waals surface area contributed by atoms with Gasteiger partial charge in [0.1, 0.15) is 0 Å².